The van der Waals surface area contributed by atoms with Gasteiger partial charge in [-0.1, -0.05) is 12.1 Å². The predicted octanol–water partition coefficient (Wildman–Crippen LogP) is 2.82. The Labute approximate surface area is 96.1 Å². The van der Waals surface area contributed by atoms with Gasteiger partial charge in [-0.05, 0) is 28.1 Å². The first-order chi connectivity index (χ1) is 6.31. The molecule has 0 fully saturated rings. The molecule has 74 valence electrons. The number of hydrogen-bond acceptors (Lipinski definition) is 3. The van der Waals surface area contributed by atoms with Crippen LogP contribution in [0.3, 0.4) is 0 Å². The molecule has 0 aliphatic carbocycles. The Bertz CT molecular complexity index is 450. The van der Waals surface area contributed by atoms with Crippen molar-refractivity contribution < 1.29 is 4.74 Å². The third-order valence-corrected chi connectivity index (χ3v) is 2.09. The largest absolute Gasteiger partial charge is 0.480 e. The zero-order valence-corrected chi connectivity index (χ0v) is 9.80. The predicted molar refractivity (Wildman–Crippen MR) is 61.0 cm³/mol. The van der Waals surface area contributed by atoms with Gasteiger partial charge in [-0.25, -0.2) is 4.98 Å². The van der Waals surface area contributed by atoms with Crippen LogP contribution in [0.25, 0.3) is 10.9 Å². The number of hydrogen-bond donors (Lipinski definition) is 0. The van der Waals surface area contributed by atoms with E-state index in [9.17, 15) is 0 Å². The molecule has 0 aliphatic heterocycles. The molecule has 0 spiro atoms. The van der Waals surface area contributed by atoms with Crippen molar-refractivity contribution >= 4 is 39.2 Å². The highest BCUT2D eigenvalue weighted by atomic mass is 79.9. The van der Waals surface area contributed by atoms with Crippen molar-refractivity contribution in [2.24, 2.45) is 0 Å². The van der Waals surface area contributed by atoms with Gasteiger partial charge < -0.3 is 4.74 Å². The summed E-state index contributed by atoms with van der Waals surface area (Å²) in [5.41, 5.74) is 0.876. The molecule has 0 N–H and O–H groups in total. The third kappa shape index (κ3) is 1.96. The Kier molecular flexibility index (Phi) is 3.66. The SMILES string of the molecule is COc1nc(Br)nc2ccccc12.Cl. The Morgan fingerprint density at radius 2 is 1.93 bits per heavy atom. The van der Waals surface area contributed by atoms with E-state index in [2.05, 4.69) is 25.9 Å². The molecule has 0 radical (unpaired) electrons. The molecule has 0 unspecified atom stereocenters. The van der Waals surface area contributed by atoms with Gasteiger partial charge in [0.15, 0.2) is 0 Å². The standard InChI is InChI=1S/C9H7BrN2O.ClH/c1-13-8-6-4-2-3-5-7(6)11-9(10)12-8;/h2-5H,1H3;1H. The minimum absolute atomic E-state index is 0. The molecule has 0 atom stereocenters. The first-order valence-electron chi connectivity index (χ1n) is 3.77. The molecular weight excluding hydrogens is 267 g/mol. The van der Waals surface area contributed by atoms with Crippen LogP contribution in [0.4, 0.5) is 0 Å². The molecule has 0 aliphatic rings. The minimum atomic E-state index is 0. The third-order valence-electron chi connectivity index (χ3n) is 1.73. The minimum Gasteiger partial charge on any atom is -0.480 e. The summed E-state index contributed by atoms with van der Waals surface area (Å²) in [7, 11) is 1.60. The zero-order valence-electron chi connectivity index (χ0n) is 7.40. The second-order valence-corrected chi connectivity index (χ2v) is 3.23. The van der Waals surface area contributed by atoms with Crippen LogP contribution in [0.2, 0.25) is 0 Å². The number of nitrogens with zero attached hydrogens (tertiary/aromatic N) is 2. The van der Waals surface area contributed by atoms with Crippen LogP contribution >= 0.6 is 28.3 Å². The van der Waals surface area contributed by atoms with Gasteiger partial charge in [0, 0.05) is 0 Å². The number of ether oxygens (including phenoxy) is 1. The summed E-state index contributed by atoms with van der Waals surface area (Å²) in [4.78, 5) is 8.31. The Morgan fingerprint density at radius 3 is 2.64 bits per heavy atom. The van der Waals surface area contributed by atoms with Crippen LogP contribution in [0, 0.1) is 0 Å². The summed E-state index contributed by atoms with van der Waals surface area (Å²) in [6.07, 6.45) is 0. The summed E-state index contributed by atoms with van der Waals surface area (Å²) < 4.78 is 5.67. The van der Waals surface area contributed by atoms with Gasteiger partial charge in [-0.15, -0.1) is 12.4 Å². The molecule has 0 amide bonds. The number of fused-ring (bicyclic) bond motifs is 1. The fourth-order valence-corrected chi connectivity index (χ4v) is 1.53. The molecule has 0 saturated heterocycles. The normalized spacial score (nSPS) is 9.57. The molecule has 1 aromatic carbocycles. The summed E-state index contributed by atoms with van der Waals surface area (Å²) in [5.74, 6) is 0.595. The second-order valence-electron chi connectivity index (χ2n) is 2.52. The lowest BCUT2D eigenvalue weighted by molar-refractivity contribution is 0.401. The van der Waals surface area contributed by atoms with Gasteiger partial charge in [0.05, 0.1) is 18.0 Å². The van der Waals surface area contributed by atoms with Crippen molar-refractivity contribution in [1.82, 2.24) is 9.97 Å². The zero-order chi connectivity index (χ0) is 9.26. The molecule has 2 aromatic rings. The van der Waals surface area contributed by atoms with Gasteiger partial charge in [0.2, 0.25) is 10.6 Å². The van der Waals surface area contributed by atoms with Crippen LogP contribution in [0.5, 0.6) is 5.88 Å². The maximum atomic E-state index is 5.13. The number of rotatable bonds is 1. The monoisotopic (exact) mass is 274 g/mol. The lowest BCUT2D eigenvalue weighted by atomic mass is 10.2. The molecule has 0 bridgehead atoms. The molecule has 3 nitrogen and oxygen atoms in total. The molecule has 5 heteroatoms. The number of aromatic nitrogens is 2. The van der Waals surface area contributed by atoms with Gasteiger partial charge in [0.1, 0.15) is 0 Å². The lowest BCUT2D eigenvalue weighted by Gasteiger charge is -2.03. The topological polar surface area (TPSA) is 35.0 Å². The van der Waals surface area contributed by atoms with Gasteiger partial charge >= 0.3 is 0 Å². The quantitative estimate of drug-likeness (QED) is 0.751. The van der Waals surface area contributed by atoms with Crippen molar-refractivity contribution in [2.75, 3.05) is 7.11 Å². The van der Waals surface area contributed by atoms with Crippen molar-refractivity contribution in [3.63, 3.8) is 0 Å². The highest BCUT2D eigenvalue weighted by Gasteiger charge is 2.04. The number of para-hydroxylation sites is 1. The number of benzene rings is 1. The van der Waals surface area contributed by atoms with E-state index >= 15 is 0 Å². The molecule has 1 heterocycles. The van der Waals surface area contributed by atoms with Gasteiger partial charge in [-0.3, -0.25) is 0 Å². The number of methoxy groups -OCH3 is 1. The summed E-state index contributed by atoms with van der Waals surface area (Å²) in [6, 6.07) is 7.72. The van der Waals surface area contributed by atoms with Gasteiger partial charge in [-0.2, -0.15) is 4.98 Å². The van der Waals surface area contributed by atoms with Crippen LogP contribution < -0.4 is 4.74 Å². The highest BCUT2D eigenvalue weighted by molar-refractivity contribution is 9.10. The van der Waals surface area contributed by atoms with Crippen LogP contribution in [0.1, 0.15) is 0 Å². The maximum Gasteiger partial charge on any atom is 0.225 e. The summed E-state index contributed by atoms with van der Waals surface area (Å²) >= 11 is 3.22. The summed E-state index contributed by atoms with van der Waals surface area (Å²) in [6.45, 7) is 0. The van der Waals surface area contributed by atoms with E-state index in [0.29, 0.717) is 10.6 Å². The van der Waals surface area contributed by atoms with E-state index in [1.165, 1.54) is 0 Å². The molecular formula is C9H8BrClN2O. The Balaban J connectivity index is 0.000000980. The van der Waals surface area contributed by atoms with Crippen molar-refractivity contribution in [2.45, 2.75) is 0 Å². The molecule has 1 aromatic heterocycles. The Morgan fingerprint density at radius 1 is 1.21 bits per heavy atom. The molecule has 0 saturated carbocycles. The highest BCUT2D eigenvalue weighted by Crippen LogP contribution is 2.23. The smallest absolute Gasteiger partial charge is 0.225 e. The lowest BCUT2D eigenvalue weighted by Crippen LogP contribution is -1.92. The fraction of sp³-hybridized carbons (Fsp3) is 0.111. The van der Waals surface area contributed by atoms with E-state index in [-0.39, 0.29) is 12.4 Å². The van der Waals surface area contributed by atoms with E-state index in [0.717, 1.165) is 10.9 Å². The van der Waals surface area contributed by atoms with Crippen molar-refractivity contribution in [3.05, 3.63) is 29.0 Å². The number of halogens is 2. The fourth-order valence-electron chi connectivity index (χ4n) is 1.18. The maximum absolute atomic E-state index is 5.13. The van der Waals surface area contributed by atoms with E-state index in [4.69, 9.17) is 4.74 Å². The molecule has 2 rings (SSSR count). The van der Waals surface area contributed by atoms with E-state index < -0.39 is 0 Å². The van der Waals surface area contributed by atoms with E-state index in [1.807, 2.05) is 24.3 Å². The molecule has 14 heavy (non-hydrogen) atoms. The van der Waals surface area contributed by atoms with Crippen LogP contribution in [-0.2, 0) is 0 Å². The summed E-state index contributed by atoms with van der Waals surface area (Å²) in [5, 5.41) is 0.924. The van der Waals surface area contributed by atoms with Crippen molar-refractivity contribution in [1.29, 1.82) is 0 Å². The average Bonchev–Trinajstić information content (AvgIpc) is 2.16. The second kappa shape index (κ2) is 4.57. The average molecular weight is 276 g/mol. The Hall–Kier alpha value is -0.870. The van der Waals surface area contributed by atoms with Crippen LogP contribution in [0.15, 0.2) is 29.0 Å². The van der Waals surface area contributed by atoms with Crippen molar-refractivity contribution in [3.8, 4) is 5.88 Å². The van der Waals surface area contributed by atoms with Gasteiger partial charge in [0.25, 0.3) is 0 Å². The van der Waals surface area contributed by atoms with Crippen LogP contribution in [-0.4, -0.2) is 17.1 Å². The first-order valence-corrected chi connectivity index (χ1v) is 4.57. The van der Waals surface area contributed by atoms with E-state index in [1.54, 1.807) is 7.11 Å². The first kappa shape index (κ1) is 11.2.